The maximum atomic E-state index is 13.7. The van der Waals surface area contributed by atoms with Gasteiger partial charge >= 0.3 is 0 Å². The van der Waals surface area contributed by atoms with Gasteiger partial charge in [-0.1, -0.05) is 73.3 Å². The number of nitrogens with one attached hydrogen (secondary N) is 1. The van der Waals surface area contributed by atoms with Crippen molar-refractivity contribution in [1.82, 2.24) is 15.1 Å². The van der Waals surface area contributed by atoms with E-state index in [1.807, 2.05) is 48.5 Å². The van der Waals surface area contributed by atoms with Crippen LogP contribution in [-0.2, 0) is 6.54 Å². The van der Waals surface area contributed by atoms with Crippen molar-refractivity contribution < 1.29 is 14.6 Å². The minimum Gasteiger partial charge on any atom is -0.507 e. The lowest BCUT2D eigenvalue weighted by atomic mass is 9.95. The smallest absolute Gasteiger partial charge is 0.273 e. The van der Waals surface area contributed by atoms with Crippen LogP contribution in [0.25, 0.3) is 11.3 Å². The van der Waals surface area contributed by atoms with Gasteiger partial charge in [0.2, 0.25) is 0 Å². The number of ether oxygens (including phenoxy) is 1. The van der Waals surface area contributed by atoms with E-state index in [0.717, 1.165) is 36.1 Å². The van der Waals surface area contributed by atoms with Gasteiger partial charge in [0.1, 0.15) is 22.9 Å². The molecule has 2 N–H and O–H groups in total. The molecule has 5 rings (SSSR count). The van der Waals surface area contributed by atoms with Crippen LogP contribution in [0.15, 0.2) is 66.7 Å². The van der Waals surface area contributed by atoms with Gasteiger partial charge < -0.3 is 14.7 Å². The van der Waals surface area contributed by atoms with Gasteiger partial charge in [-0.05, 0) is 53.9 Å². The number of unbranched alkanes of at least 4 members (excludes halogenated alkanes) is 2. The van der Waals surface area contributed by atoms with Crippen LogP contribution >= 0.6 is 23.2 Å². The Labute approximate surface area is 225 Å². The first-order valence-electron chi connectivity index (χ1n) is 12.3. The van der Waals surface area contributed by atoms with Crippen LogP contribution in [-0.4, -0.2) is 32.7 Å². The maximum Gasteiger partial charge on any atom is 0.273 e. The van der Waals surface area contributed by atoms with E-state index in [1.54, 1.807) is 17.0 Å². The molecule has 0 spiro atoms. The van der Waals surface area contributed by atoms with Crippen molar-refractivity contribution in [2.75, 3.05) is 6.61 Å². The number of nitrogens with zero attached hydrogens (tertiary/aromatic N) is 2. The van der Waals surface area contributed by atoms with E-state index in [4.69, 9.17) is 27.9 Å². The highest BCUT2D eigenvalue weighted by atomic mass is 35.5. The van der Waals surface area contributed by atoms with Crippen LogP contribution in [0.2, 0.25) is 10.0 Å². The number of halogens is 2. The number of aromatic amines is 1. The number of benzene rings is 3. The molecule has 1 unspecified atom stereocenters. The Bertz CT molecular complexity index is 1440. The van der Waals surface area contributed by atoms with Crippen molar-refractivity contribution in [2.24, 2.45) is 0 Å². The minimum atomic E-state index is -0.481. The second kappa shape index (κ2) is 10.9. The third-order valence-corrected chi connectivity index (χ3v) is 7.17. The predicted octanol–water partition coefficient (Wildman–Crippen LogP) is 7.40. The molecule has 1 aliphatic heterocycles. The van der Waals surface area contributed by atoms with E-state index in [1.165, 1.54) is 6.07 Å². The van der Waals surface area contributed by atoms with E-state index in [9.17, 15) is 9.90 Å². The summed E-state index contributed by atoms with van der Waals surface area (Å²) in [6.07, 6.45) is 3.20. The molecule has 1 aromatic heterocycles. The molecule has 6 nitrogen and oxygen atoms in total. The SMILES string of the molecule is CCCCCOc1cccc(C2c3c(-c4cc(Cl)ccc4O)n[nH]c3C(=O)N2Cc2ccccc2Cl)c1. The number of amides is 1. The Balaban J connectivity index is 1.60. The molecule has 0 saturated carbocycles. The molecule has 1 atom stereocenters. The average molecular weight is 536 g/mol. The molecule has 0 fully saturated rings. The van der Waals surface area contributed by atoms with E-state index in [-0.39, 0.29) is 11.7 Å². The van der Waals surface area contributed by atoms with Crippen LogP contribution in [0, 0.1) is 0 Å². The van der Waals surface area contributed by atoms with Gasteiger partial charge in [-0.2, -0.15) is 5.10 Å². The number of aromatic nitrogens is 2. The normalized spacial score (nSPS) is 14.7. The second-order valence-corrected chi connectivity index (χ2v) is 9.92. The lowest BCUT2D eigenvalue weighted by Crippen LogP contribution is -2.29. The van der Waals surface area contributed by atoms with Gasteiger partial charge in [0.25, 0.3) is 5.91 Å². The van der Waals surface area contributed by atoms with Gasteiger partial charge in [-0.15, -0.1) is 0 Å². The Hall–Kier alpha value is -3.48. The van der Waals surface area contributed by atoms with Crippen molar-refractivity contribution in [2.45, 2.75) is 38.8 Å². The van der Waals surface area contributed by atoms with E-state index in [2.05, 4.69) is 17.1 Å². The zero-order chi connectivity index (χ0) is 25.9. The van der Waals surface area contributed by atoms with Crippen molar-refractivity contribution in [3.63, 3.8) is 0 Å². The highest BCUT2D eigenvalue weighted by molar-refractivity contribution is 6.31. The number of H-pyrrole nitrogens is 1. The molecule has 0 bridgehead atoms. The predicted molar refractivity (Wildman–Crippen MR) is 145 cm³/mol. The molecule has 8 heteroatoms. The van der Waals surface area contributed by atoms with Crippen molar-refractivity contribution in [3.8, 4) is 22.8 Å². The Kier molecular flexibility index (Phi) is 7.40. The number of phenols is 1. The molecule has 1 aliphatic rings. The van der Waals surface area contributed by atoms with Gasteiger partial charge in [-0.25, -0.2) is 0 Å². The average Bonchev–Trinajstić information content (AvgIpc) is 3.44. The molecule has 3 aromatic carbocycles. The number of carbonyl (C=O) groups is 1. The minimum absolute atomic E-state index is 0.0301. The summed E-state index contributed by atoms with van der Waals surface area (Å²) < 4.78 is 6.02. The maximum absolute atomic E-state index is 13.7. The van der Waals surface area contributed by atoms with Crippen LogP contribution in [0.5, 0.6) is 11.5 Å². The molecule has 1 amide bonds. The third-order valence-electron chi connectivity index (χ3n) is 6.57. The summed E-state index contributed by atoms with van der Waals surface area (Å²) in [6.45, 7) is 3.08. The molecule has 37 heavy (non-hydrogen) atoms. The Morgan fingerprint density at radius 3 is 2.70 bits per heavy atom. The first kappa shape index (κ1) is 25.2. The summed E-state index contributed by atoms with van der Waals surface area (Å²) in [5.74, 6) is 0.569. The second-order valence-electron chi connectivity index (χ2n) is 9.08. The van der Waals surface area contributed by atoms with E-state index in [0.29, 0.717) is 45.7 Å². The van der Waals surface area contributed by atoms with Crippen LogP contribution in [0.1, 0.15) is 59.4 Å². The molecular formula is C29H27Cl2N3O3. The first-order valence-corrected chi connectivity index (χ1v) is 13.1. The van der Waals surface area contributed by atoms with Crippen molar-refractivity contribution in [3.05, 3.63) is 99.2 Å². The first-order chi connectivity index (χ1) is 18.0. The lowest BCUT2D eigenvalue weighted by molar-refractivity contribution is 0.0730. The van der Waals surface area contributed by atoms with Crippen molar-refractivity contribution in [1.29, 1.82) is 0 Å². The fraction of sp³-hybridized carbons (Fsp3) is 0.241. The van der Waals surface area contributed by atoms with Crippen LogP contribution in [0.4, 0.5) is 0 Å². The summed E-state index contributed by atoms with van der Waals surface area (Å²) in [6, 6.07) is 19.6. The van der Waals surface area contributed by atoms with Gasteiger partial charge in [-0.3, -0.25) is 9.89 Å². The number of phenolic OH excluding ortho intramolecular Hbond substituents is 1. The lowest BCUT2D eigenvalue weighted by Gasteiger charge is -2.27. The molecule has 0 aliphatic carbocycles. The Morgan fingerprint density at radius 1 is 1.05 bits per heavy atom. The number of aromatic hydroxyl groups is 1. The number of hydrogen-bond donors (Lipinski definition) is 2. The third kappa shape index (κ3) is 5.04. The van der Waals surface area contributed by atoms with E-state index < -0.39 is 6.04 Å². The molecule has 4 aromatic rings. The molecule has 0 radical (unpaired) electrons. The molecule has 190 valence electrons. The van der Waals surface area contributed by atoms with Crippen LogP contribution < -0.4 is 4.74 Å². The van der Waals surface area contributed by atoms with E-state index >= 15 is 0 Å². The zero-order valence-corrected chi connectivity index (χ0v) is 21.9. The zero-order valence-electron chi connectivity index (χ0n) is 20.4. The monoisotopic (exact) mass is 535 g/mol. The van der Waals surface area contributed by atoms with Gasteiger partial charge in [0.15, 0.2) is 0 Å². The molecule has 0 saturated heterocycles. The fourth-order valence-electron chi connectivity index (χ4n) is 4.74. The summed E-state index contributed by atoms with van der Waals surface area (Å²) >= 11 is 12.7. The number of hydrogen-bond acceptors (Lipinski definition) is 4. The quantitative estimate of drug-likeness (QED) is 0.219. The number of fused-ring (bicyclic) bond motifs is 1. The topological polar surface area (TPSA) is 78.5 Å². The molecular weight excluding hydrogens is 509 g/mol. The summed E-state index contributed by atoms with van der Waals surface area (Å²) in [5, 5.41) is 19.0. The van der Waals surface area contributed by atoms with Gasteiger partial charge in [0.05, 0.1) is 12.6 Å². The largest absolute Gasteiger partial charge is 0.507 e. The summed E-state index contributed by atoms with van der Waals surface area (Å²) in [4.78, 5) is 15.5. The number of rotatable bonds is 9. The Morgan fingerprint density at radius 2 is 1.89 bits per heavy atom. The van der Waals surface area contributed by atoms with Crippen LogP contribution in [0.3, 0.4) is 0 Å². The fourth-order valence-corrected chi connectivity index (χ4v) is 5.10. The van der Waals surface area contributed by atoms with Gasteiger partial charge in [0, 0.05) is 27.7 Å². The summed E-state index contributed by atoms with van der Waals surface area (Å²) in [5.41, 5.74) is 3.69. The van der Waals surface area contributed by atoms with Crippen molar-refractivity contribution >= 4 is 29.1 Å². The summed E-state index contributed by atoms with van der Waals surface area (Å²) in [7, 11) is 0. The number of carbonyl (C=O) groups excluding carboxylic acids is 1. The highest BCUT2D eigenvalue weighted by Gasteiger charge is 2.42. The molecule has 2 heterocycles. The standard InChI is InChI=1S/C29H27Cl2N3O3/c1-2-3-6-14-37-21-10-7-9-18(15-21)28-25-26(22-16-20(30)12-13-24(22)35)32-33-27(25)29(36)34(28)17-19-8-4-5-11-23(19)31/h4-5,7-13,15-16,28,35H,2-3,6,14,17H2,1H3,(H,32,33). The highest BCUT2D eigenvalue weighted by Crippen LogP contribution is 2.46.